The number of hydrogen-bond acceptors (Lipinski definition) is 2. The summed E-state index contributed by atoms with van der Waals surface area (Å²) in [7, 11) is 0. The molecule has 2 fully saturated rings. The molecular weight excluding hydrogens is 220 g/mol. The lowest BCUT2D eigenvalue weighted by molar-refractivity contribution is 0.0465. The van der Waals surface area contributed by atoms with Crippen LogP contribution in [0.5, 0.6) is 0 Å². The van der Waals surface area contributed by atoms with Gasteiger partial charge < -0.3 is 5.32 Å². The largest absolute Gasteiger partial charge is 0.308 e. The summed E-state index contributed by atoms with van der Waals surface area (Å²) in [6.07, 6.45) is 6.86. The van der Waals surface area contributed by atoms with Gasteiger partial charge in [0.2, 0.25) is 0 Å². The van der Waals surface area contributed by atoms with Crippen LogP contribution in [0, 0.1) is 11.8 Å². The Morgan fingerprint density at radius 1 is 1.33 bits per heavy atom. The van der Waals surface area contributed by atoms with Crippen LogP contribution in [0.1, 0.15) is 59.8 Å². The number of nitrogens with one attached hydrogen (secondary N) is 1. The molecule has 1 aliphatic heterocycles. The Kier molecular flexibility index (Phi) is 4.71. The van der Waals surface area contributed by atoms with Crippen LogP contribution in [0.4, 0.5) is 0 Å². The molecule has 2 rings (SSSR count). The third kappa shape index (κ3) is 3.08. The first-order valence-corrected chi connectivity index (χ1v) is 8.09. The third-order valence-electron chi connectivity index (χ3n) is 5.29. The van der Waals surface area contributed by atoms with Crippen molar-refractivity contribution in [2.75, 3.05) is 19.6 Å². The van der Waals surface area contributed by atoms with Crippen molar-refractivity contribution >= 4 is 0 Å². The van der Waals surface area contributed by atoms with E-state index in [1.807, 2.05) is 0 Å². The molecule has 1 saturated carbocycles. The van der Waals surface area contributed by atoms with Gasteiger partial charge in [-0.3, -0.25) is 4.90 Å². The maximum Gasteiger partial charge on any atom is 0.0309 e. The lowest BCUT2D eigenvalue weighted by atomic mass is 9.86. The van der Waals surface area contributed by atoms with Crippen molar-refractivity contribution < 1.29 is 0 Å². The van der Waals surface area contributed by atoms with Gasteiger partial charge in [0.15, 0.2) is 0 Å². The Morgan fingerprint density at radius 3 is 2.61 bits per heavy atom. The molecule has 0 aromatic rings. The van der Waals surface area contributed by atoms with E-state index in [-0.39, 0.29) is 0 Å². The average Bonchev–Trinajstić information content (AvgIpc) is 3.20. The van der Waals surface area contributed by atoms with Gasteiger partial charge >= 0.3 is 0 Å². The minimum absolute atomic E-state index is 0.400. The lowest BCUT2D eigenvalue weighted by Crippen LogP contribution is -2.65. The van der Waals surface area contributed by atoms with Crippen molar-refractivity contribution in [1.82, 2.24) is 10.2 Å². The number of hydrogen-bond donors (Lipinski definition) is 1. The number of nitrogens with zero attached hydrogens (tertiary/aromatic N) is 1. The Morgan fingerprint density at radius 2 is 2.06 bits per heavy atom. The molecule has 2 aliphatic rings. The van der Waals surface area contributed by atoms with Gasteiger partial charge in [-0.25, -0.2) is 0 Å². The van der Waals surface area contributed by atoms with E-state index in [4.69, 9.17) is 0 Å². The number of unbranched alkanes of at least 4 members (excludes halogenated alkanes) is 1. The zero-order chi connectivity index (χ0) is 13.2. The third-order valence-corrected chi connectivity index (χ3v) is 5.29. The number of piperazine rings is 1. The maximum absolute atomic E-state index is 3.89. The quantitative estimate of drug-likeness (QED) is 0.780. The molecule has 3 unspecified atom stereocenters. The molecule has 0 amide bonds. The zero-order valence-corrected chi connectivity index (χ0v) is 12.8. The second-order valence-electron chi connectivity index (χ2n) is 6.85. The topological polar surface area (TPSA) is 15.3 Å². The summed E-state index contributed by atoms with van der Waals surface area (Å²) < 4.78 is 0. The zero-order valence-electron chi connectivity index (χ0n) is 12.8. The van der Waals surface area contributed by atoms with E-state index in [1.165, 1.54) is 51.7 Å². The van der Waals surface area contributed by atoms with Crippen LogP contribution in [0.15, 0.2) is 0 Å². The molecule has 3 atom stereocenters. The van der Waals surface area contributed by atoms with Gasteiger partial charge in [0.1, 0.15) is 0 Å². The molecule has 0 radical (unpaired) electrons. The molecule has 1 heterocycles. The smallest absolute Gasteiger partial charge is 0.0309 e. The molecule has 1 aliphatic carbocycles. The van der Waals surface area contributed by atoms with Gasteiger partial charge in [0.05, 0.1) is 0 Å². The average molecular weight is 252 g/mol. The minimum atomic E-state index is 0.400. The highest BCUT2D eigenvalue weighted by molar-refractivity contribution is 5.04. The Bertz CT molecular complexity index is 262. The van der Waals surface area contributed by atoms with Crippen molar-refractivity contribution in [2.45, 2.75) is 71.4 Å². The molecule has 2 nitrogen and oxygen atoms in total. The van der Waals surface area contributed by atoms with E-state index in [2.05, 4.69) is 37.9 Å². The van der Waals surface area contributed by atoms with Crippen molar-refractivity contribution in [3.8, 4) is 0 Å². The van der Waals surface area contributed by atoms with Crippen molar-refractivity contribution in [2.24, 2.45) is 11.8 Å². The summed E-state index contributed by atoms with van der Waals surface area (Å²) in [5.41, 5.74) is 0.400. The van der Waals surface area contributed by atoms with Crippen LogP contribution >= 0.6 is 0 Å². The van der Waals surface area contributed by atoms with E-state index in [1.54, 1.807) is 0 Å². The second-order valence-corrected chi connectivity index (χ2v) is 6.85. The van der Waals surface area contributed by atoms with Crippen LogP contribution in [-0.4, -0.2) is 36.1 Å². The van der Waals surface area contributed by atoms with E-state index in [0.29, 0.717) is 5.54 Å². The predicted molar refractivity (Wildman–Crippen MR) is 78.9 cm³/mol. The van der Waals surface area contributed by atoms with Gasteiger partial charge in [-0.05, 0) is 44.6 Å². The Balaban J connectivity index is 1.99. The standard InChI is InChI=1S/C16H32N2/c1-5-7-10-18-12-16(4,14-8-9-14)17-11-15(18)13(3)6-2/h13-15,17H,5-12H2,1-4H3. The van der Waals surface area contributed by atoms with E-state index < -0.39 is 0 Å². The van der Waals surface area contributed by atoms with Gasteiger partial charge in [0.25, 0.3) is 0 Å². The summed E-state index contributed by atoms with van der Waals surface area (Å²) in [5, 5.41) is 3.89. The fourth-order valence-corrected chi connectivity index (χ4v) is 3.50. The molecule has 0 bridgehead atoms. The van der Waals surface area contributed by atoms with Gasteiger partial charge in [-0.15, -0.1) is 0 Å². The van der Waals surface area contributed by atoms with Crippen LogP contribution < -0.4 is 5.32 Å². The van der Waals surface area contributed by atoms with Crippen molar-refractivity contribution in [3.63, 3.8) is 0 Å². The second kappa shape index (κ2) is 5.92. The highest BCUT2D eigenvalue weighted by Crippen LogP contribution is 2.41. The monoisotopic (exact) mass is 252 g/mol. The number of rotatable bonds is 6. The summed E-state index contributed by atoms with van der Waals surface area (Å²) in [5.74, 6) is 1.76. The molecule has 0 aromatic carbocycles. The van der Waals surface area contributed by atoms with E-state index in [0.717, 1.165) is 17.9 Å². The normalized spacial score (nSPS) is 35.7. The van der Waals surface area contributed by atoms with Crippen LogP contribution in [0.25, 0.3) is 0 Å². The Labute approximate surface area is 114 Å². The first kappa shape index (κ1) is 14.3. The molecule has 1 saturated heterocycles. The van der Waals surface area contributed by atoms with Crippen molar-refractivity contribution in [1.29, 1.82) is 0 Å². The minimum Gasteiger partial charge on any atom is -0.308 e. The molecule has 2 heteroatoms. The molecule has 1 N–H and O–H groups in total. The first-order chi connectivity index (χ1) is 8.60. The fraction of sp³-hybridized carbons (Fsp3) is 1.00. The summed E-state index contributed by atoms with van der Waals surface area (Å²) >= 11 is 0. The SMILES string of the molecule is CCCCN1CC(C)(C2CC2)NCC1C(C)CC. The predicted octanol–water partition coefficient (Wildman–Crippen LogP) is 3.28. The lowest BCUT2D eigenvalue weighted by Gasteiger charge is -2.48. The van der Waals surface area contributed by atoms with Gasteiger partial charge in [-0.2, -0.15) is 0 Å². The maximum atomic E-state index is 3.89. The van der Waals surface area contributed by atoms with Gasteiger partial charge in [-0.1, -0.05) is 33.6 Å². The summed E-state index contributed by atoms with van der Waals surface area (Å²) in [6, 6.07) is 0.758. The van der Waals surface area contributed by atoms with Crippen LogP contribution in [0.2, 0.25) is 0 Å². The van der Waals surface area contributed by atoms with Crippen molar-refractivity contribution in [3.05, 3.63) is 0 Å². The molecule has 0 aromatic heterocycles. The van der Waals surface area contributed by atoms with Crippen LogP contribution in [-0.2, 0) is 0 Å². The van der Waals surface area contributed by atoms with Crippen LogP contribution in [0.3, 0.4) is 0 Å². The highest BCUT2D eigenvalue weighted by Gasteiger charge is 2.46. The van der Waals surface area contributed by atoms with Gasteiger partial charge in [0, 0.05) is 24.7 Å². The van der Waals surface area contributed by atoms with E-state index in [9.17, 15) is 0 Å². The first-order valence-electron chi connectivity index (χ1n) is 8.09. The molecular formula is C16H32N2. The van der Waals surface area contributed by atoms with E-state index >= 15 is 0 Å². The molecule has 18 heavy (non-hydrogen) atoms. The Hall–Kier alpha value is -0.0800. The highest BCUT2D eigenvalue weighted by atomic mass is 15.3. The molecule has 0 spiro atoms. The molecule has 106 valence electrons. The fourth-order valence-electron chi connectivity index (χ4n) is 3.50. The summed E-state index contributed by atoms with van der Waals surface area (Å²) in [4.78, 5) is 2.80. The summed E-state index contributed by atoms with van der Waals surface area (Å²) in [6.45, 7) is 13.3.